The Morgan fingerprint density at radius 1 is 1.12 bits per heavy atom. The van der Waals surface area contributed by atoms with Gasteiger partial charge in [0.05, 0.1) is 0 Å². The van der Waals surface area contributed by atoms with E-state index in [2.05, 4.69) is 17.1 Å². The molecule has 3 aromatic rings. The zero-order valence-corrected chi connectivity index (χ0v) is 14.6. The van der Waals surface area contributed by atoms with Gasteiger partial charge >= 0.3 is 0 Å². The van der Waals surface area contributed by atoms with Gasteiger partial charge in [0.15, 0.2) is 6.61 Å². The van der Waals surface area contributed by atoms with Crippen LogP contribution in [0.15, 0.2) is 48.7 Å². The van der Waals surface area contributed by atoms with Gasteiger partial charge in [0.1, 0.15) is 11.6 Å². The normalized spacial score (nSPS) is 10.7. The van der Waals surface area contributed by atoms with E-state index >= 15 is 0 Å². The molecule has 0 radical (unpaired) electrons. The highest BCUT2D eigenvalue weighted by Crippen LogP contribution is 2.29. The summed E-state index contributed by atoms with van der Waals surface area (Å²) in [6, 6.07) is 13.9. The summed E-state index contributed by atoms with van der Waals surface area (Å²) in [5.74, 6) is 1.14. The van der Waals surface area contributed by atoms with Crippen LogP contribution in [0, 0.1) is 6.92 Å². The van der Waals surface area contributed by atoms with E-state index in [4.69, 9.17) is 10.5 Å². The summed E-state index contributed by atoms with van der Waals surface area (Å²) >= 11 is 0. The Labute approximate surface area is 147 Å². The highest BCUT2D eigenvalue weighted by Gasteiger charge is 2.07. The van der Waals surface area contributed by atoms with E-state index in [1.54, 1.807) is 20.3 Å². The third-order valence-corrected chi connectivity index (χ3v) is 4.12. The van der Waals surface area contributed by atoms with E-state index in [0.717, 1.165) is 27.5 Å². The summed E-state index contributed by atoms with van der Waals surface area (Å²) in [5, 5.41) is 2.15. The van der Waals surface area contributed by atoms with Crippen molar-refractivity contribution in [2.24, 2.45) is 0 Å². The van der Waals surface area contributed by atoms with E-state index in [0.29, 0.717) is 11.6 Å². The number of rotatable bonds is 4. The Morgan fingerprint density at radius 2 is 1.84 bits per heavy atom. The molecule has 1 heterocycles. The van der Waals surface area contributed by atoms with Gasteiger partial charge in [0.2, 0.25) is 0 Å². The second-order valence-electron chi connectivity index (χ2n) is 6.22. The number of likely N-dealkylation sites (N-methyl/N-ethyl adjacent to an activating group) is 1. The molecular weight excluding hydrogens is 314 g/mol. The Balaban J connectivity index is 1.87. The van der Waals surface area contributed by atoms with Crippen molar-refractivity contribution in [3.05, 3.63) is 54.2 Å². The molecule has 2 aromatic carbocycles. The number of amides is 1. The molecular formula is C20H21N3O2. The highest BCUT2D eigenvalue weighted by atomic mass is 16.5. The van der Waals surface area contributed by atoms with Crippen LogP contribution in [0.3, 0.4) is 0 Å². The standard InChI is InChI=1S/C20H21N3O2/c1-13-8-19(21)22-11-18(13)16-5-4-15-10-17(7-6-14(15)9-16)25-12-20(24)23(2)3/h4-11H,12H2,1-3H3,(H2,21,22). The number of aromatic nitrogens is 1. The highest BCUT2D eigenvalue weighted by molar-refractivity contribution is 5.89. The molecule has 3 rings (SSSR count). The molecule has 0 fully saturated rings. The van der Waals surface area contributed by atoms with E-state index in [1.807, 2.05) is 37.3 Å². The number of pyridine rings is 1. The topological polar surface area (TPSA) is 68.5 Å². The minimum Gasteiger partial charge on any atom is -0.484 e. The number of anilines is 1. The number of aryl methyl sites for hydroxylation is 1. The molecule has 0 atom stereocenters. The minimum atomic E-state index is -0.0678. The van der Waals surface area contributed by atoms with Crippen molar-refractivity contribution >= 4 is 22.5 Å². The molecule has 128 valence electrons. The molecule has 1 aromatic heterocycles. The van der Waals surface area contributed by atoms with Crippen molar-refractivity contribution in [1.29, 1.82) is 0 Å². The first-order valence-electron chi connectivity index (χ1n) is 8.03. The lowest BCUT2D eigenvalue weighted by atomic mass is 9.99. The van der Waals surface area contributed by atoms with Gasteiger partial charge in [-0.15, -0.1) is 0 Å². The Hall–Kier alpha value is -3.08. The maximum Gasteiger partial charge on any atom is 0.259 e. The number of carbonyl (C=O) groups excluding carboxylic acids is 1. The number of nitrogens with zero attached hydrogens (tertiary/aromatic N) is 2. The van der Waals surface area contributed by atoms with Crippen molar-refractivity contribution in [3.8, 4) is 16.9 Å². The van der Waals surface area contributed by atoms with Gasteiger partial charge in [-0.3, -0.25) is 4.79 Å². The molecule has 25 heavy (non-hydrogen) atoms. The number of hydrogen-bond donors (Lipinski definition) is 1. The van der Waals surface area contributed by atoms with Crippen LogP contribution in [-0.4, -0.2) is 36.5 Å². The smallest absolute Gasteiger partial charge is 0.259 e. The average molecular weight is 335 g/mol. The average Bonchev–Trinajstić information content (AvgIpc) is 2.59. The van der Waals surface area contributed by atoms with Crippen molar-refractivity contribution in [2.45, 2.75) is 6.92 Å². The SMILES string of the molecule is Cc1cc(N)ncc1-c1ccc2cc(OCC(=O)N(C)C)ccc2c1. The summed E-state index contributed by atoms with van der Waals surface area (Å²) in [7, 11) is 3.42. The lowest BCUT2D eigenvalue weighted by molar-refractivity contribution is -0.130. The zero-order chi connectivity index (χ0) is 18.0. The first kappa shape index (κ1) is 16.8. The third-order valence-electron chi connectivity index (χ3n) is 4.12. The summed E-state index contributed by atoms with van der Waals surface area (Å²) in [6.45, 7) is 2.06. The van der Waals surface area contributed by atoms with Crippen LogP contribution in [0.5, 0.6) is 5.75 Å². The van der Waals surface area contributed by atoms with Crippen LogP contribution in [-0.2, 0) is 4.79 Å². The zero-order valence-electron chi connectivity index (χ0n) is 14.6. The van der Waals surface area contributed by atoms with E-state index in [1.165, 1.54) is 4.90 Å². The first-order chi connectivity index (χ1) is 11.9. The van der Waals surface area contributed by atoms with Crippen molar-refractivity contribution in [1.82, 2.24) is 9.88 Å². The number of hydrogen-bond acceptors (Lipinski definition) is 4. The van der Waals surface area contributed by atoms with Crippen LogP contribution in [0.1, 0.15) is 5.56 Å². The van der Waals surface area contributed by atoms with E-state index in [-0.39, 0.29) is 12.5 Å². The van der Waals surface area contributed by atoms with Crippen LogP contribution in [0.25, 0.3) is 21.9 Å². The molecule has 0 saturated carbocycles. The predicted molar refractivity (Wildman–Crippen MR) is 101 cm³/mol. The molecule has 5 heteroatoms. The molecule has 0 unspecified atom stereocenters. The van der Waals surface area contributed by atoms with Gasteiger partial charge in [-0.25, -0.2) is 4.98 Å². The fourth-order valence-electron chi connectivity index (χ4n) is 2.64. The summed E-state index contributed by atoms with van der Waals surface area (Å²) in [5.41, 5.74) is 8.98. The molecule has 1 amide bonds. The molecule has 0 aliphatic rings. The summed E-state index contributed by atoms with van der Waals surface area (Å²) in [4.78, 5) is 17.3. The quantitative estimate of drug-likeness (QED) is 0.794. The van der Waals surface area contributed by atoms with E-state index < -0.39 is 0 Å². The van der Waals surface area contributed by atoms with Crippen molar-refractivity contribution in [2.75, 3.05) is 26.4 Å². The molecule has 0 saturated heterocycles. The second kappa shape index (κ2) is 6.81. The number of carbonyl (C=O) groups is 1. The molecule has 0 aliphatic carbocycles. The van der Waals surface area contributed by atoms with Crippen LogP contribution >= 0.6 is 0 Å². The largest absolute Gasteiger partial charge is 0.484 e. The molecule has 5 nitrogen and oxygen atoms in total. The Bertz CT molecular complexity index is 935. The van der Waals surface area contributed by atoms with Crippen LogP contribution < -0.4 is 10.5 Å². The number of nitrogen functional groups attached to an aromatic ring is 1. The third kappa shape index (κ3) is 3.71. The number of ether oxygens (including phenoxy) is 1. The number of nitrogens with two attached hydrogens (primary N) is 1. The maximum absolute atomic E-state index is 11.6. The predicted octanol–water partition coefficient (Wildman–Crippen LogP) is 3.26. The molecule has 0 aliphatic heterocycles. The van der Waals surface area contributed by atoms with Crippen LogP contribution in [0.4, 0.5) is 5.82 Å². The Morgan fingerprint density at radius 3 is 2.56 bits per heavy atom. The summed E-state index contributed by atoms with van der Waals surface area (Å²) < 4.78 is 5.57. The Kier molecular flexibility index (Phi) is 4.57. The molecule has 0 bridgehead atoms. The lowest BCUT2D eigenvalue weighted by Crippen LogP contribution is -2.27. The molecule has 0 spiro atoms. The number of fused-ring (bicyclic) bond motifs is 1. The monoisotopic (exact) mass is 335 g/mol. The van der Waals surface area contributed by atoms with Crippen molar-refractivity contribution in [3.63, 3.8) is 0 Å². The van der Waals surface area contributed by atoms with Gasteiger partial charge in [-0.2, -0.15) is 0 Å². The van der Waals surface area contributed by atoms with Gasteiger partial charge in [-0.1, -0.05) is 18.2 Å². The van der Waals surface area contributed by atoms with Crippen molar-refractivity contribution < 1.29 is 9.53 Å². The first-order valence-corrected chi connectivity index (χ1v) is 8.03. The fraction of sp³-hybridized carbons (Fsp3) is 0.200. The van der Waals surface area contributed by atoms with Crippen LogP contribution in [0.2, 0.25) is 0 Å². The molecule has 2 N–H and O–H groups in total. The summed E-state index contributed by atoms with van der Waals surface area (Å²) in [6.07, 6.45) is 1.80. The van der Waals surface area contributed by atoms with Gasteiger partial charge in [0.25, 0.3) is 5.91 Å². The second-order valence-corrected chi connectivity index (χ2v) is 6.22. The lowest BCUT2D eigenvalue weighted by Gasteiger charge is -2.12. The van der Waals surface area contributed by atoms with E-state index in [9.17, 15) is 4.79 Å². The fourth-order valence-corrected chi connectivity index (χ4v) is 2.64. The maximum atomic E-state index is 11.6. The van der Waals surface area contributed by atoms with Gasteiger partial charge in [0, 0.05) is 25.9 Å². The minimum absolute atomic E-state index is 0.0346. The number of benzene rings is 2. The van der Waals surface area contributed by atoms with Gasteiger partial charge in [-0.05, 0) is 53.1 Å². The van der Waals surface area contributed by atoms with Gasteiger partial charge < -0.3 is 15.4 Å².